The van der Waals surface area contributed by atoms with E-state index in [1.807, 2.05) is 30.3 Å². The van der Waals surface area contributed by atoms with Gasteiger partial charge in [-0.2, -0.15) is 5.26 Å². The molecule has 3 rings (SSSR count). The van der Waals surface area contributed by atoms with Gasteiger partial charge in [0.05, 0.1) is 18.7 Å². The summed E-state index contributed by atoms with van der Waals surface area (Å²) in [6.45, 7) is 1.89. The molecule has 2 aromatic rings. The number of nitrogens with zero attached hydrogens (tertiary/aromatic N) is 2. The number of methoxy groups -OCH3 is 1. The molecule has 1 aliphatic rings. The molecule has 0 bridgehead atoms. The van der Waals surface area contributed by atoms with Gasteiger partial charge < -0.3 is 9.64 Å². The lowest BCUT2D eigenvalue weighted by Gasteiger charge is -2.31. The third kappa shape index (κ3) is 2.33. The summed E-state index contributed by atoms with van der Waals surface area (Å²) in [5.74, 6) is 0.908. The highest BCUT2D eigenvalue weighted by Crippen LogP contribution is 2.27. The molecule has 1 aliphatic heterocycles. The van der Waals surface area contributed by atoms with Crippen LogP contribution < -0.4 is 9.64 Å². The SMILES string of the molecule is COc1ccc2c(c1)CN(c1ccc(C#N)cc1)CC2. The fourth-order valence-electron chi connectivity index (χ4n) is 2.63. The van der Waals surface area contributed by atoms with E-state index in [1.165, 1.54) is 11.1 Å². The van der Waals surface area contributed by atoms with Gasteiger partial charge in [-0.25, -0.2) is 0 Å². The topological polar surface area (TPSA) is 36.3 Å². The molecule has 0 saturated heterocycles. The van der Waals surface area contributed by atoms with Crippen molar-refractivity contribution in [3.63, 3.8) is 0 Å². The van der Waals surface area contributed by atoms with E-state index in [9.17, 15) is 0 Å². The number of rotatable bonds is 2. The Morgan fingerprint density at radius 2 is 1.90 bits per heavy atom. The molecule has 0 spiro atoms. The lowest BCUT2D eigenvalue weighted by atomic mass is 9.99. The van der Waals surface area contributed by atoms with E-state index in [4.69, 9.17) is 10.00 Å². The zero-order chi connectivity index (χ0) is 13.9. The fourth-order valence-corrected chi connectivity index (χ4v) is 2.63. The van der Waals surface area contributed by atoms with Crippen molar-refractivity contribution in [2.24, 2.45) is 0 Å². The summed E-state index contributed by atoms with van der Waals surface area (Å²) in [6, 6.07) is 16.2. The molecular weight excluding hydrogens is 248 g/mol. The molecular formula is C17H16N2O. The quantitative estimate of drug-likeness (QED) is 0.836. The van der Waals surface area contributed by atoms with E-state index >= 15 is 0 Å². The van der Waals surface area contributed by atoms with Gasteiger partial charge in [-0.3, -0.25) is 0 Å². The van der Waals surface area contributed by atoms with Crippen molar-refractivity contribution in [1.29, 1.82) is 5.26 Å². The third-order valence-electron chi connectivity index (χ3n) is 3.79. The van der Waals surface area contributed by atoms with Crippen LogP contribution in [0.3, 0.4) is 0 Å². The number of nitriles is 1. The average Bonchev–Trinajstić information content (AvgIpc) is 2.54. The second-order valence-corrected chi connectivity index (χ2v) is 4.96. The van der Waals surface area contributed by atoms with E-state index < -0.39 is 0 Å². The molecule has 0 aliphatic carbocycles. The molecule has 3 nitrogen and oxygen atoms in total. The Kier molecular flexibility index (Phi) is 3.30. The third-order valence-corrected chi connectivity index (χ3v) is 3.79. The molecule has 3 heteroatoms. The predicted octanol–water partition coefficient (Wildman–Crippen LogP) is 3.13. The molecule has 2 aromatic carbocycles. The Hall–Kier alpha value is -2.47. The second-order valence-electron chi connectivity index (χ2n) is 4.96. The predicted molar refractivity (Wildman–Crippen MR) is 78.9 cm³/mol. The van der Waals surface area contributed by atoms with Crippen LogP contribution in [0.5, 0.6) is 5.75 Å². The van der Waals surface area contributed by atoms with Gasteiger partial charge in [-0.05, 0) is 53.9 Å². The molecule has 0 amide bonds. The summed E-state index contributed by atoms with van der Waals surface area (Å²) in [4.78, 5) is 2.34. The lowest BCUT2D eigenvalue weighted by Crippen LogP contribution is -2.30. The van der Waals surface area contributed by atoms with E-state index in [0.29, 0.717) is 5.56 Å². The number of hydrogen-bond acceptors (Lipinski definition) is 3. The van der Waals surface area contributed by atoms with Crippen LogP contribution in [-0.4, -0.2) is 13.7 Å². The minimum absolute atomic E-state index is 0.702. The highest BCUT2D eigenvalue weighted by molar-refractivity contribution is 5.52. The Balaban J connectivity index is 1.85. The first kappa shape index (κ1) is 12.6. The van der Waals surface area contributed by atoms with Crippen molar-refractivity contribution in [1.82, 2.24) is 0 Å². The first-order chi connectivity index (χ1) is 9.80. The molecule has 0 aromatic heterocycles. The second kappa shape index (κ2) is 5.26. The van der Waals surface area contributed by atoms with Crippen LogP contribution in [0.4, 0.5) is 5.69 Å². The standard InChI is InChI=1S/C17H16N2O/c1-20-17-7-4-14-8-9-19(12-15(14)10-17)16-5-2-13(11-18)3-6-16/h2-7,10H,8-9,12H2,1H3. The summed E-state index contributed by atoms with van der Waals surface area (Å²) in [6.07, 6.45) is 1.04. The fraction of sp³-hybridized carbons (Fsp3) is 0.235. The highest BCUT2D eigenvalue weighted by atomic mass is 16.5. The molecule has 20 heavy (non-hydrogen) atoms. The van der Waals surface area contributed by atoms with Gasteiger partial charge in [0.1, 0.15) is 5.75 Å². The van der Waals surface area contributed by atoms with Gasteiger partial charge >= 0.3 is 0 Å². The molecule has 0 radical (unpaired) electrons. The van der Waals surface area contributed by atoms with Gasteiger partial charge in [0, 0.05) is 18.8 Å². The van der Waals surface area contributed by atoms with E-state index in [0.717, 1.165) is 30.9 Å². The van der Waals surface area contributed by atoms with Gasteiger partial charge in [-0.1, -0.05) is 6.07 Å². The Labute approximate surface area is 119 Å². The van der Waals surface area contributed by atoms with Crippen molar-refractivity contribution in [3.05, 3.63) is 59.2 Å². The Morgan fingerprint density at radius 3 is 2.60 bits per heavy atom. The number of ether oxygens (including phenoxy) is 1. The smallest absolute Gasteiger partial charge is 0.119 e. The maximum atomic E-state index is 8.85. The van der Waals surface area contributed by atoms with Crippen molar-refractivity contribution >= 4 is 5.69 Å². The van der Waals surface area contributed by atoms with E-state index in [2.05, 4.69) is 23.1 Å². The van der Waals surface area contributed by atoms with Crippen molar-refractivity contribution in [2.45, 2.75) is 13.0 Å². The average molecular weight is 264 g/mol. The first-order valence-electron chi connectivity index (χ1n) is 6.71. The normalized spacial score (nSPS) is 13.5. The highest BCUT2D eigenvalue weighted by Gasteiger charge is 2.17. The minimum atomic E-state index is 0.702. The van der Waals surface area contributed by atoms with Crippen LogP contribution in [0.25, 0.3) is 0 Å². The Bertz CT molecular complexity index is 656. The summed E-state index contributed by atoms with van der Waals surface area (Å²) in [5.41, 5.74) is 4.58. The largest absolute Gasteiger partial charge is 0.497 e. The van der Waals surface area contributed by atoms with Crippen LogP contribution in [0, 0.1) is 11.3 Å². The molecule has 0 unspecified atom stereocenters. The zero-order valence-corrected chi connectivity index (χ0v) is 11.5. The number of hydrogen-bond donors (Lipinski definition) is 0. The Morgan fingerprint density at radius 1 is 1.10 bits per heavy atom. The van der Waals surface area contributed by atoms with Crippen LogP contribution >= 0.6 is 0 Å². The molecule has 0 atom stereocenters. The van der Waals surface area contributed by atoms with E-state index in [1.54, 1.807) is 7.11 Å². The van der Waals surface area contributed by atoms with Crippen molar-refractivity contribution in [3.8, 4) is 11.8 Å². The van der Waals surface area contributed by atoms with Gasteiger partial charge in [0.25, 0.3) is 0 Å². The summed E-state index contributed by atoms with van der Waals surface area (Å²) in [5, 5.41) is 8.85. The number of benzene rings is 2. The van der Waals surface area contributed by atoms with Gasteiger partial charge in [0.2, 0.25) is 0 Å². The van der Waals surface area contributed by atoms with Gasteiger partial charge in [-0.15, -0.1) is 0 Å². The zero-order valence-electron chi connectivity index (χ0n) is 11.5. The van der Waals surface area contributed by atoms with E-state index in [-0.39, 0.29) is 0 Å². The van der Waals surface area contributed by atoms with Crippen LogP contribution in [0.1, 0.15) is 16.7 Å². The summed E-state index contributed by atoms with van der Waals surface area (Å²) in [7, 11) is 1.70. The van der Waals surface area contributed by atoms with Crippen LogP contribution in [0.2, 0.25) is 0 Å². The first-order valence-corrected chi connectivity index (χ1v) is 6.71. The maximum absolute atomic E-state index is 8.85. The van der Waals surface area contributed by atoms with Crippen molar-refractivity contribution < 1.29 is 4.74 Å². The summed E-state index contributed by atoms with van der Waals surface area (Å²) < 4.78 is 5.30. The molecule has 1 heterocycles. The molecule has 0 fully saturated rings. The monoisotopic (exact) mass is 264 g/mol. The molecule has 100 valence electrons. The summed E-state index contributed by atoms with van der Waals surface area (Å²) >= 11 is 0. The molecule has 0 saturated carbocycles. The minimum Gasteiger partial charge on any atom is -0.497 e. The van der Waals surface area contributed by atoms with Crippen molar-refractivity contribution in [2.75, 3.05) is 18.6 Å². The van der Waals surface area contributed by atoms with Crippen LogP contribution in [0.15, 0.2) is 42.5 Å². The molecule has 0 N–H and O–H groups in total. The number of anilines is 1. The van der Waals surface area contributed by atoms with Gasteiger partial charge in [0.15, 0.2) is 0 Å². The van der Waals surface area contributed by atoms with Crippen LogP contribution in [-0.2, 0) is 13.0 Å². The number of fused-ring (bicyclic) bond motifs is 1. The lowest BCUT2D eigenvalue weighted by molar-refractivity contribution is 0.413. The maximum Gasteiger partial charge on any atom is 0.119 e.